The summed E-state index contributed by atoms with van der Waals surface area (Å²) >= 11 is 6.61. The molecule has 1 heterocycles. The van der Waals surface area contributed by atoms with Crippen molar-refractivity contribution in [3.63, 3.8) is 0 Å². The van der Waals surface area contributed by atoms with Gasteiger partial charge in [0.1, 0.15) is 11.3 Å². The molecule has 0 spiro atoms. The van der Waals surface area contributed by atoms with Gasteiger partial charge in [0.15, 0.2) is 0 Å². The van der Waals surface area contributed by atoms with Crippen molar-refractivity contribution in [2.45, 2.75) is 52.0 Å². The fourth-order valence-electron chi connectivity index (χ4n) is 1.77. The van der Waals surface area contributed by atoms with Crippen LogP contribution in [0.25, 0.3) is 0 Å². The number of ether oxygens (including phenoxy) is 2. The Balaban J connectivity index is 2.92. The number of nitrogens with zero attached hydrogens (tertiary/aromatic N) is 1. The number of carbonyl (C=O) groups excluding carboxylic acids is 1. The van der Waals surface area contributed by atoms with Crippen molar-refractivity contribution in [2.24, 2.45) is 0 Å². The monoisotopic (exact) mass is 383 g/mol. The van der Waals surface area contributed by atoms with Crippen LogP contribution in [0.15, 0.2) is 9.47 Å². The van der Waals surface area contributed by atoms with E-state index >= 15 is 0 Å². The van der Waals surface area contributed by atoms with Crippen molar-refractivity contribution in [1.82, 2.24) is 4.90 Å². The molecule has 1 unspecified atom stereocenters. The Morgan fingerprint density at radius 1 is 1.44 bits per heavy atom. The van der Waals surface area contributed by atoms with Gasteiger partial charge < -0.3 is 9.47 Å². The summed E-state index contributed by atoms with van der Waals surface area (Å²) in [5.41, 5.74) is -1.19. The first-order valence-corrected chi connectivity index (χ1v) is 7.30. The number of rotatable bonds is 1. The summed E-state index contributed by atoms with van der Waals surface area (Å²) in [6.07, 6.45) is 1.51. The maximum absolute atomic E-state index is 12.2. The van der Waals surface area contributed by atoms with Gasteiger partial charge in [-0.25, -0.2) is 4.79 Å². The Morgan fingerprint density at radius 3 is 2.44 bits per heavy atom. The van der Waals surface area contributed by atoms with Crippen molar-refractivity contribution in [3.05, 3.63) is 9.47 Å². The summed E-state index contributed by atoms with van der Waals surface area (Å²) in [5.74, 6) is 0. The van der Waals surface area contributed by atoms with Crippen LogP contribution in [0.2, 0.25) is 0 Å². The minimum Gasteiger partial charge on any atom is -0.444 e. The Hall–Kier alpha value is -0.0700. The van der Waals surface area contributed by atoms with E-state index in [1.54, 1.807) is 4.90 Å². The van der Waals surface area contributed by atoms with Gasteiger partial charge in [-0.15, -0.1) is 0 Å². The molecule has 0 N–H and O–H groups in total. The maximum atomic E-state index is 12.2. The fourth-order valence-corrected chi connectivity index (χ4v) is 2.38. The van der Waals surface area contributed by atoms with Crippen LogP contribution in [0, 0.1) is 0 Å². The average Bonchev–Trinajstić information content (AvgIpc) is 2.36. The Kier molecular flexibility index (Phi) is 4.89. The van der Waals surface area contributed by atoms with E-state index in [9.17, 15) is 4.79 Å². The molecule has 1 aliphatic rings. The molecular weight excluding hydrogens is 366 g/mol. The van der Waals surface area contributed by atoms with Gasteiger partial charge in [-0.3, -0.25) is 4.90 Å². The molecule has 4 nitrogen and oxygen atoms in total. The van der Waals surface area contributed by atoms with Crippen LogP contribution >= 0.6 is 31.9 Å². The first-order valence-electron chi connectivity index (χ1n) is 5.72. The van der Waals surface area contributed by atoms with Crippen LogP contribution in [-0.2, 0) is 9.47 Å². The third kappa shape index (κ3) is 4.24. The second kappa shape index (κ2) is 5.51. The lowest BCUT2D eigenvalue weighted by atomic mass is 10.2. The lowest BCUT2D eigenvalue weighted by molar-refractivity contribution is -0.0610. The number of halogens is 2. The topological polar surface area (TPSA) is 38.8 Å². The van der Waals surface area contributed by atoms with Crippen molar-refractivity contribution in [1.29, 1.82) is 0 Å². The van der Waals surface area contributed by atoms with Crippen LogP contribution in [-0.4, -0.2) is 35.0 Å². The van der Waals surface area contributed by atoms with Crippen LogP contribution in [0.4, 0.5) is 4.79 Å². The van der Waals surface area contributed by atoms with E-state index in [0.29, 0.717) is 6.61 Å². The number of carbonyl (C=O) groups is 1. The molecular formula is C12H19Br2NO3. The van der Waals surface area contributed by atoms with Crippen molar-refractivity contribution in [2.75, 3.05) is 6.61 Å². The molecule has 6 heteroatoms. The molecule has 1 rings (SSSR count). The second-order valence-corrected chi connectivity index (χ2v) is 8.40. The van der Waals surface area contributed by atoms with Crippen LogP contribution in [0.1, 0.15) is 34.6 Å². The zero-order valence-electron chi connectivity index (χ0n) is 11.3. The van der Waals surface area contributed by atoms with Crippen LogP contribution < -0.4 is 0 Å². The molecule has 0 radical (unpaired) electrons. The molecule has 0 aromatic rings. The van der Waals surface area contributed by atoms with Gasteiger partial charge in [0.05, 0.1) is 16.0 Å². The highest BCUT2D eigenvalue weighted by atomic mass is 79.9. The summed E-state index contributed by atoms with van der Waals surface area (Å²) < 4.78 is 11.8. The lowest BCUT2D eigenvalue weighted by Gasteiger charge is -2.34. The van der Waals surface area contributed by atoms with E-state index in [4.69, 9.17) is 9.47 Å². The maximum Gasteiger partial charge on any atom is 0.413 e. The number of hydrogen-bond donors (Lipinski definition) is 0. The molecule has 1 fully saturated rings. The van der Waals surface area contributed by atoms with Crippen LogP contribution in [0.3, 0.4) is 0 Å². The quantitative estimate of drug-likeness (QED) is 0.686. The Bertz CT molecular complexity index is 357. The van der Waals surface area contributed by atoms with E-state index in [1.165, 1.54) is 0 Å². The third-order valence-electron chi connectivity index (χ3n) is 2.43. The highest BCUT2D eigenvalue weighted by Gasteiger charge is 2.44. The smallest absolute Gasteiger partial charge is 0.413 e. The van der Waals surface area contributed by atoms with E-state index in [-0.39, 0.29) is 12.1 Å². The molecule has 0 aliphatic carbocycles. The second-order valence-electron chi connectivity index (χ2n) is 5.63. The molecule has 1 atom stereocenters. The molecule has 18 heavy (non-hydrogen) atoms. The van der Waals surface area contributed by atoms with Gasteiger partial charge in [0.2, 0.25) is 0 Å². The van der Waals surface area contributed by atoms with E-state index in [0.717, 1.165) is 3.39 Å². The Labute approximate surface area is 125 Å². The fraction of sp³-hybridized carbons (Fsp3) is 0.750. The molecule has 0 aromatic carbocycles. The molecule has 1 saturated heterocycles. The van der Waals surface area contributed by atoms with Crippen molar-refractivity contribution in [3.8, 4) is 0 Å². The number of amides is 1. The minimum atomic E-state index is -0.668. The summed E-state index contributed by atoms with van der Waals surface area (Å²) in [5, 5.41) is 0. The van der Waals surface area contributed by atoms with Crippen LogP contribution in [0.5, 0.6) is 0 Å². The first-order chi connectivity index (χ1) is 8.03. The molecule has 104 valence electrons. The molecule has 0 aromatic heterocycles. The molecule has 1 amide bonds. The lowest BCUT2D eigenvalue weighted by Crippen LogP contribution is -2.49. The largest absolute Gasteiger partial charge is 0.444 e. The van der Waals surface area contributed by atoms with E-state index in [1.807, 2.05) is 40.7 Å². The van der Waals surface area contributed by atoms with E-state index < -0.39 is 11.3 Å². The van der Waals surface area contributed by atoms with Crippen molar-refractivity contribution < 1.29 is 14.3 Å². The van der Waals surface area contributed by atoms with E-state index in [2.05, 4.69) is 31.9 Å². The number of hydrogen-bond acceptors (Lipinski definition) is 3. The highest BCUT2D eigenvalue weighted by Crippen LogP contribution is 2.31. The van der Waals surface area contributed by atoms with Gasteiger partial charge >= 0.3 is 6.09 Å². The minimum absolute atomic E-state index is 0.149. The van der Waals surface area contributed by atoms with Gasteiger partial charge in [-0.05, 0) is 72.6 Å². The van der Waals surface area contributed by atoms with Gasteiger partial charge in [0, 0.05) is 0 Å². The van der Waals surface area contributed by atoms with Crippen molar-refractivity contribution >= 4 is 38.0 Å². The first kappa shape index (κ1) is 16.0. The summed E-state index contributed by atoms with van der Waals surface area (Å²) in [6, 6.07) is -0.149. The summed E-state index contributed by atoms with van der Waals surface area (Å²) in [6.45, 7) is 9.70. The SMILES string of the molecule is CC(C)(C)OC(=O)N1C(C=C(Br)Br)COC1(C)C. The Morgan fingerprint density at radius 2 is 2.00 bits per heavy atom. The molecule has 0 saturated carbocycles. The third-order valence-corrected chi connectivity index (χ3v) is 2.96. The summed E-state index contributed by atoms with van der Waals surface area (Å²) in [4.78, 5) is 13.8. The summed E-state index contributed by atoms with van der Waals surface area (Å²) in [7, 11) is 0. The predicted molar refractivity (Wildman–Crippen MR) is 77.8 cm³/mol. The predicted octanol–water partition coefficient (Wildman–Crippen LogP) is 3.99. The zero-order chi connectivity index (χ0) is 14.1. The zero-order valence-corrected chi connectivity index (χ0v) is 14.5. The molecule has 1 aliphatic heterocycles. The standard InChI is InChI=1S/C12H19Br2NO3/c1-11(2,3)18-10(16)15-8(6-9(13)14)7-17-12(15,4)5/h6,8H,7H2,1-5H3. The average molecular weight is 385 g/mol. The van der Waals surface area contributed by atoms with Gasteiger partial charge in [-0.1, -0.05) is 0 Å². The highest BCUT2D eigenvalue weighted by molar-refractivity contribution is 9.28. The van der Waals surface area contributed by atoms with Gasteiger partial charge in [0.25, 0.3) is 0 Å². The van der Waals surface area contributed by atoms with Gasteiger partial charge in [-0.2, -0.15) is 0 Å². The molecule has 0 bridgehead atoms. The normalized spacial score (nSPS) is 22.8.